The van der Waals surface area contributed by atoms with E-state index in [9.17, 15) is 13.9 Å². The van der Waals surface area contributed by atoms with Gasteiger partial charge in [0.15, 0.2) is 11.6 Å². The predicted octanol–water partition coefficient (Wildman–Crippen LogP) is 2.66. The molecular weight excluding hydrogens is 236 g/mol. The molecule has 0 unspecified atom stereocenters. The molecule has 1 heterocycles. The number of rotatable bonds is 3. The van der Waals surface area contributed by atoms with Gasteiger partial charge >= 0.3 is 0 Å². The average molecular weight is 255 g/mol. The van der Waals surface area contributed by atoms with E-state index in [-0.39, 0.29) is 0 Å². The summed E-state index contributed by atoms with van der Waals surface area (Å²) in [4.78, 5) is 2.29. The maximum atomic E-state index is 13.2. The maximum Gasteiger partial charge on any atom is 0.159 e. The lowest BCUT2D eigenvalue weighted by Crippen LogP contribution is -2.42. The number of halogens is 2. The van der Waals surface area contributed by atoms with Gasteiger partial charge in [-0.3, -0.25) is 0 Å². The van der Waals surface area contributed by atoms with Crippen molar-refractivity contribution in [2.75, 3.05) is 19.6 Å². The fraction of sp³-hybridized carbons (Fsp3) is 0.571. The van der Waals surface area contributed by atoms with Gasteiger partial charge in [-0.1, -0.05) is 13.0 Å². The van der Waals surface area contributed by atoms with Crippen molar-refractivity contribution in [2.24, 2.45) is 0 Å². The second-order valence-corrected chi connectivity index (χ2v) is 5.00. The van der Waals surface area contributed by atoms with Crippen LogP contribution in [0.25, 0.3) is 0 Å². The minimum Gasteiger partial charge on any atom is -0.385 e. The van der Waals surface area contributed by atoms with Crippen LogP contribution >= 0.6 is 0 Å². The summed E-state index contributed by atoms with van der Waals surface area (Å²) in [5.74, 6) is -1.76. The van der Waals surface area contributed by atoms with Crippen molar-refractivity contribution in [3.05, 3.63) is 35.4 Å². The number of likely N-dealkylation sites (tertiary alicyclic amines) is 1. The molecule has 0 amide bonds. The van der Waals surface area contributed by atoms with Gasteiger partial charge in [0.2, 0.25) is 0 Å². The van der Waals surface area contributed by atoms with Crippen LogP contribution in [0.15, 0.2) is 18.2 Å². The molecule has 0 radical (unpaired) electrons. The minimum atomic E-state index is -1.02. The van der Waals surface area contributed by atoms with Gasteiger partial charge in [-0.25, -0.2) is 8.78 Å². The minimum absolute atomic E-state index is 0.484. The zero-order valence-electron chi connectivity index (χ0n) is 10.6. The van der Waals surface area contributed by atoms with Gasteiger partial charge in [0.1, 0.15) is 0 Å². The molecule has 0 saturated carbocycles. The van der Waals surface area contributed by atoms with E-state index in [0.29, 0.717) is 18.4 Å². The molecule has 1 fully saturated rings. The highest BCUT2D eigenvalue weighted by atomic mass is 19.2. The van der Waals surface area contributed by atoms with Crippen molar-refractivity contribution < 1.29 is 13.9 Å². The Morgan fingerprint density at radius 2 is 1.89 bits per heavy atom. The normalized spacial score (nSPS) is 20.0. The van der Waals surface area contributed by atoms with Crippen LogP contribution in [0, 0.1) is 11.6 Å². The van der Waals surface area contributed by atoms with Gasteiger partial charge in [-0.2, -0.15) is 0 Å². The highest BCUT2D eigenvalue weighted by molar-refractivity contribution is 5.24. The summed E-state index contributed by atoms with van der Waals surface area (Å²) in [6.45, 7) is 4.73. The van der Waals surface area contributed by atoms with Gasteiger partial charge < -0.3 is 10.0 Å². The molecular formula is C14H19F2NO. The SMILES string of the molecule is CCCN1CCC(O)(c2ccc(F)c(F)c2)CC1. The van der Waals surface area contributed by atoms with E-state index < -0.39 is 17.2 Å². The number of nitrogens with zero attached hydrogens (tertiary/aromatic N) is 1. The summed E-state index contributed by atoms with van der Waals surface area (Å²) < 4.78 is 26.1. The van der Waals surface area contributed by atoms with Crippen LogP contribution in [-0.4, -0.2) is 29.6 Å². The van der Waals surface area contributed by atoms with Crippen LogP contribution in [-0.2, 0) is 5.60 Å². The Labute approximate surface area is 106 Å². The molecule has 0 aromatic heterocycles. The van der Waals surface area contributed by atoms with Crippen LogP contribution in [0.5, 0.6) is 0 Å². The molecule has 0 aliphatic carbocycles. The molecule has 0 spiro atoms. The molecule has 1 aliphatic heterocycles. The molecule has 2 rings (SSSR count). The smallest absolute Gasteiger partial charge is 0.159 e. The maximum absolute atomic E-state index is 13.2. The number of hydrogen-bond donors (Lipinski definition) is 1. The predicted molar refractivity (Wildman–Crippen MR) is 66.2 cm³/mol. The third-order valence-electron chi connectivity index (χ3n) is 3.68. The zero-order chi connectivity index (χ0) is 13.2. The summed E-state index contributed by atoms with van der Waals surface area (Å²) in [7, 11) is 0. The summed E-state index contributed by atoms with van der Waals surface area (Å²) in [6.07, 6.45) is 2.22. The monoisotopic (exact) mass is 255 g/mol. The van der Waals surface area contributed by atoms with Gasteiger partial charge in [0, 0.05) is 13.1 Å². The molecule has 1 saturated heterocycles. The lowest BCUT2D eigenvalue weighted by atomic mass is 9.84. The Morgan fingerprint density at radius 3 is 2.44 bits per heavy atom. The first-order chi connectivity index (χ1) is 8.55. The number of piperidine rings is 1. The molecule has 2 nitrogen and oxygen atoms in total. The Kier molecular flexibility index (Phi) is 3.97. The standard InChI is InChI=1S/C14H19F2NO/c1-2-7-17-8-5-14(18,6-9-17)11-3-4-12(15)13(16)10-11/h3-4,10,18H,2,5-9H2,1H3. The van der Waals surface area contributed by atoms with Gasteiger partial charge in [-0.05, 0) is 43.5 Å². The van der Waals surface area contributed by atoms with E-state index in [1.165, 1.54) is 6.07 Å². The molecule has 18 heavy (non-hydrogen) atoms. The van der Waals surface area contributed by atoms with Crippen molar-refractivity contribution in [1.82, 2.24) is 4.90 Å². The third kappa shape index (κ3) is 2.70. The zero-order valence-corrected chi connectivity index (χ0v) is 10.6. The molecule has 1 aromatic rings. The van der Waals surface area contributed by atoms with Crippen molar-refractivity contribution in [2.45, 2.75) is 31.8 Å². The van der Waals surface area contributed by atoms with Crippen molar-refractivity contribution in [3.8, 4) is 0 Å². The lowest BCUT2D eigenvalue weighted by Gasteiger charge is -2.38. The van der Waals surface area contributed by atoms with Crippen molar-refractivity contribution >= 4 is 0 Å². The lowest BCUT2D eigenvalue weighted by molar-refractivity contribution is -0.0260. The quantitative estimate of drug-likeness (QED) is 0.897. The van der Waals surface area contributed by atoms with Crippen molar-refractivity contribution in [3.63, 3.8) is 0 Å². The number of benzene rings is 1. The number of hydrogen-bond acceptors (Lipinski definition) is 2. The second-order valence-electron chi connectivity index (χ2n) is 5.00. The van der Waals surface area contributed by atoms with Crippen LogP contribution in [0.2, 0.25) is 0 Å². The van der Waals surface area contributed by atoms with E-state index in [2.05, 4.69) is 11.8 Å². The Bertz CT molecular complexity index is 414. The highest BCUT2D eigenvalue weighted by Gasteiger charge is 2.34. The largest absolute Gasteiger partial charge is 0.385 e. The molecule has 0 bridgehead atoms. The molecule has 1 N–H and O–H groups in total. The Hall–Kier alpha value is -1.00. The third-order valence-corrected chi connectivity index (χ3v) is 3.68. The van der Waals surface area contributed by atoms with Crippen LogP contribution in [0.4, 0.5) is 8.78 Å². The highest BCUT2D eigenvalue weighted by Crippen LogP contribution is 2.33. The molecule has 100 valence electrons. The van der Waals surface area contributed by atoms with E-state index in [4.69, 9.17) is 0 Å². The van der Waals surface area contributed by atoms with Gasteiger partial charge in [-0.15, -0.1) is 0 Å². The van der Waals surface area contributed by atoms with Crippen LogP contribution in [0.3, 0.4) is 0 Å². The summed E-state index contributed by atoms with van der Waals surface area (Å²) in [6, 6.07) is 3.68. The van der Waals surface area contributed by atoms with Crippen LogP contribution < -0.4 is 0 Å². The van der Waals surface area contributed by atoms with E-state index in [0.717, 1.165) is 38.2 Å². The first-order valence-corrected chi connectivity index (χ1v) is 6.45. The van der Waals surface area contributed by atoms with Gasteiger partial charge in [0.05, 0.1) is 5.60 Å². The molecule has 4 heteroatoms. The van der Waals surface area contributed by atoms with E-state index in [1.807, 2.05) is 0 Å². The summed E-state index contributed by atoms with van der Waals surface area (Å²) in [5.41, 5.74) is -0.531. The molecule has 1 aliphatic rings. The first kappa shape index (κ1) is 13.4. The topological polar surface area (TPSA) is 23.5 Å². The fourth-order valence-corrected chi connectivity index (χ4v) is 2.54. The molecule has 1 aromatic carbocycles. The Morgan fingerprint density at radius 1 is 1.22 bits per heavy atom. The van der Waals surface area contributed by atoms with Gasteiger partial charge in [0.25, 0.3) is 0 Å². The van der Waals surface area contributed by atoms with Crippen molar-refractivity contribution in [1.29, 1.82) is 0 Å². The summed E-state index contributed by atoms with van der Waals surface area (Å²) >= 11 is 0. The summed E-state index contributed by atoms with van der Waals surface area (Å²) in [5, 5.41) is 10.5. The van der Waals surface area contributed by atoms with E-state index in [1.54, 1.807) is 0 Å². The second kappa shape index (κ2) is 5.33. The van der Waals surface area contributed by atoms with Crippen LogP contribution in [0.1, 0.15) is 31.7 Å². The average Bonchev–Trinajstić information content (AvgIpc) is 2.36. The molecule has 0 atom stereocenters. The fourth-order valence-electron chi connectivity index (χ4n) is 2.54. The van der Waals surface area contributed by atoms with E-state index >= 15 is 0 Å². The Balaban J connectivity index is 2.10. The number of aliphatic hydroxyl groups is 1. The first-order valence-electron chi connectivity index (χ1n) is 6.45.